The van der Waals surface area contributed by atoms with Gasteiger partial charge < -0.3 is 34.7 Å². The van der Waals surface area contributed by atoms with Crippen LogP contribution in [-0.4, -0.2) is 93.4 Å². The molecule has 2 saturated heterocycles. The number of nitrogens with one attached hydrogen (secondary N) is 3. The SMILES string of the molecule is COOC=N[C@H](C(=O)N1CCC[C@H]1c1ncc(CCc2ccc(CCc3cnc([C@@H]4CCCN4C(=O)[C@@H](NC(=O)OC)C(C)C)[nH]3)cc2)[nH]1)C(C)C.S.S.S.S. The van der Waals surface area contributed by atoms with Gasteiger partial charge in [0.05, 0.1) is 26.3 Å². The van der Waals surface area contributed by atoms with Crippen molar-refractivity contribution in [2.75, 3.05) is 27.3 Å². The van der Waals surface area contributed by atoms with E-state index in [1.807, 2.05) is 49.9 Å². The molecule has 4 heterocycles. The van der Waals surface area contributed by atoms with Gasteiger partial charge in [-0.25, -0.2) is 19.8 Å². The van der Waals surface area contributed by atoms with Crippen LogP contribution in [0.5, 0.6) is 0 Å². The van der Waals surface area contributed by atoms with Gasteiger partial charge in [0.15, 0.2) is 0 Å². The minimum absolute atomic E-state index is 0. The number of ether oxygens (including phenoxy) is 1. The van der Waals surface area contributed by atoms with Crippen LogP contribution in [0.15, 0.2) is 41.7 Å². The molecule has 2 aliphatic rings. The molecule has 0 spiro atoms. The summed E-state index contributed by atoms with van der Waals surface area (Å²) in [5.41, 5.74) is 4.54. The van der Waals surface area contributed by atoms with Gasteiger partial charge in [-0.1, -0.05) is 52.0 Å². The Morgan fingerprint density at radius 1 is 0.786 bits per heavy atom. The Hall–Kier alpha value is -3.32. The van der Waals surface area contributed by atoms with Gasteiger partial charge in [0, 0.05) is 36.9 Å². The molecular formula is C38H62N8O6S4. The molecule has 0 radical (unpaired) electrons. The largest absolute Gasteiger partial charge is 0.453 e. The molecule has 18 heteroatoms. The second-order valence-corrected chi connectivity index (χ2v) is 14.3. The third-order valence-electron chi connectivity index (χ3n) is 10.0. The number of methoxy groups -OCH3 is 1. The summed E-state index contributed by atoms with van der Waals surface area (Å²) >= 11 is 0. The number of imidazole rings is 2. The van der Waals surface area contributed by atoms with E-state index in [2.05, 4.69) is 59.4 Å². The number of benzene rings is 1. The van der Waals surface area contributed by atoms with Crippen LogP contribution in [-0.2, 0) is 49.8 Å². The molecule has 1 aromatic carbocycles. The first-order valence-electron chi connectivity index (χ1n) is 18.4. The number of likely N-dealkylation sites (tertiary alicyclic amines) is 2. The zero-order valence-corrected chi connectivity index (χ0v) is 37.3. The summed E-state index contributed by atoms with van der Waals surface area (Å²) in [6.45, 7) is 9.06. The number of aliphatic imine (C=N–C) groups is 1. The van der Waals surface area contributed by atoms with Gasteiger partial charge in [0.2, 0.25) is 18.2 Å². The number of aryl methyl sites for hydroxylation is 4. The van der Waals surface area contributed by atoms with Crippen molar-refractivity contribution in [3.63, 3.8) is 0 Å². The molecule has 0 saturated carbocycles. The molecule has 314 valence electrons. The highest BCUT2D eigenvalue weighted by atomic mass is 32.1. The lowest BCUT2D eigenvalue weighted by molar-refractivity contribution is -0.188. The molecule has 3 amide bonds. The topological polar surface area (TPSA) is 167 Å². The lowest BCUT2D eigenvalue weighted by Gasteiger charge is -2.30. The van der Waals surface area contributed by atoms with Gasteiger partial charge in [-0.2, -0.15) is 58.9 Å². The number of rotatable bonds is 16. The summed E-state index contributed by atoms with van der Waals surface area (Å²) < 4.78 is 4.74. The highest BCUT2D eigenvalue weighted by Crippen LogP contribution is 2.33. The summed E-state index contributed by atoms with van der Waals surface area (Å²) in [5, 5.41) is 2.70. The predicted octanol–water partition coefficient (Wildman–Crippen LogP) is 5.49. The van der Waals surface area contributed by atoms with Crippen LogP contribution in [0.2, 0.25) is 0 Å². The molecule has 2 aromatic heterocycles. The number of alkyl carbamates (subject to hydrolysis) is 1. The van der Waals surface area contributed by atoms with E-state index in [-0.39, 0.29) is 89.7 Å². The van der Waals surface area contributed by atoms with Crippen molar-refractivity contribution >= 4 is 78.3 Å². The lowest BCUT2D eigenvalue weighted by atomic mass is 10.0. The summed E-state index contributed by atoms with van der Waals surface area (Å²) in [4.78, 5) is 72.5. The van der Waals surface area contributed by atoms with Crippen LogP contribution in [0.3, 0.4) is 0 Å². The maximum atomic E-state index is 13.4. The number of amides is 3. The standard InChI is InChI=1S/C38H54N8O6.4H2S/c1-24(2)32(41-23-52-51-6)36(47)45-19-7-9-30(45)34-39-21-28(42-34)17-15-26-11-13-27(14-12-26)16-18-29-22-40-35(43-29)31-10-8-20-46(31)37(48)33(25(3)4)44-38(49)50-5;;;;/h11-14,21-25,30-33H,7-10,15-20H2,1-6H3,(H,39,42)(H,40,43)(H,44,49);4*1H2/t30-,31-,32-,33-;;;;/m0..../s1. The second kappa shape index (κ2) is 24.5. The minimum Gasteiger partial charge on any atom is -0.453 e. The highest BCUT2D eigenvalue weighted by molar-refractivity contribution is 7.59. The van der Waals surface area contributed by atoms with Crippen LogP contribution in [0.1, 0.15) is 99.6 Å². The van der Waals surface area contributed by atoms with E-state index in [9.17, 15) is 14.4 Å². The maximum absolute atomic E-state index is 13.4. The smallest absolute Gasteiger partial charge is 0.407 e. The molecule has 56 heavy (non-hydrogen) atoms. The minimum atomic E-state index is -0.658. The van der Waals surface area contributed by atoms with E-state index in [0.717, 1.165) is 74.4 Å². The third-order valence-corrected chi connectivity index (χ3v) is 10.0. The predicted molar refractivity (Wildman–Crippen MR) is 237 cm³/mol. The van der Waals surface area contributed by atoms with E-state index in [1.165, 1.54) is 31.7 Å². The van der Waals surface area contributed by atoms with Crippen molar-refractivity contribution < 1.29 is 28.9 Å². The highest BCUT2D eigenvalue weighted by Gasteiger charge is 2.38. The van der Waals surface area contributed by atoms with E-state index < -0.39 is 18.2 Å². The first kappa shape index (κ1) is 50.7. The van der Waals surface area contributed by atoms with Crippen molar-refractivity contribution in [3.05, 3.63) is 70.8 Å². The maximum Gasteiger partial charge on any atom is 0.407 e. The average molecular weight is 855 g/mol. The molecule has 0 unspecified atom stereocenters. The Balaban J connectivity index is 0.00000392. The molecule has 0 bridgehead atoms. The average Bonchev–Trinajstić information content (AvgIpc) is 3.97. The molecule has 14 nitrogen and oxygen atoms in total. The number of H-pyrrole nitrogens is 2. The number of aromatic amines is 2. The number of hydrogen-bond donors (Lipinski definition) is 3. The quantitative estimate of drug-likeness (QED) is 0.0736. The Bertz CT molecular complexity index is 1670. The molecule has 0 aliphatic carbocycles. The van der Waals surface area contributed by atoms with Crippen LogP contribution >= 0.6 is 54.0 Å². The summed E-state index contributed by atoms with van der Waals surface area (Å²) in [7, 11) is 2.69. The molecule has 2 aliphatic heterocycles. The fourth-order valence-electron chi connectivity index (χ4n) is 7.11. The van der Waals surface area contributed by atoms with Gasteiger partial charge in [0.25, 0.3) is 0 Å². The zero-order valence-electron chi connectivity index (χ0n) is 33.3. The number of carbonyl (C=O) groups is 3. The second-order valence-electron chi connectivity index (χ2n) is 14.3. The monoisotopic (exact) mass is 854 g/mol. The number of carbonyl (C=O) groups excluding carboxylic acids is 3. The Kier molecular flexibility index (Phi) is 22.1. The number of nitrogens with zero attached hydrogens (tertiary/aromatic N) is 5. The van der Waals surface area contributed by atoms with Gasteiger partial charge in [-0.05, 0) is 74.3 Å². The summed E-state index contributed by atoms with van der Waals surface area (Å²) in [6.07, 6.45) is 11.1. The third kappa shape index (κ3) is 13.1. The van der Waals surface area contributed by atoms with Crippen molar-refractivity contribution in [1.82, 2.24) is 35.1 Å². The van der Waals surface area contributed by atoms with E-state index in [4.69, 9.17) is 9.62 Å². The lowest BCUT2D eigenvalue weighted by Crippen LogP contribution is -2.51. The number of aromatic nitrogens is 4. The van der Waals surface area contributed by atoms with E-state index >= 15 is 0 Å². The van der Waals surface area contributed by atoms with Crippen LogP contribution < -0.4 is 5.32 Å². The Labute approximate surface area is 358 Å². The zero-order chi connectivity index (χ0) is 37.2. The van der Waals surface area contributed by atoms with Crippen molar-refractivity contribution in [1.29, 1.82) is 0 Å². The summed E-state index contributed by atoms with van der Waals surface area (Å²) in [6, 6.07) is 7.26. The van der Waals surface area contributed by atoms with Crippen LogP contribution in [0.25, 0.3) is 0 Å². The fourth-order valence-corrected chi connectivity index (χ4v) is 7.11. The Morgan fingerprint density at radius 2 is 1.27 bits per heavy atom. The van der Waals surface area contributed by atoms with Crippen molar-refractivity contribution in [3.8, 4) is 0 Å². The normalized spacial score (nSPS) is 17.4. The van der Waals surface area contributed by atoms with Crippen molar-refractivity contribution in [2.24, 2.45) is 16.8 Å². The molecule has 3 aromatic rings. The molecule has 4 atom stereocenters. The number of hydrogen-bond acceptors (Lipinski definition) is 9. The molecule has 3 N–H and O–H groups in total. The van der Waals surface area contributed by atoms with E-state index in [0.29, 0.717) is 13.1 Å². The first-order valence-corrected chi connectivity index (χ1v) is 18.4. The van der Waals surface area contributed by atoms with Crippen molar-refractivity contribution in [2.45, 2.75) is 103 Å². The van der Waals surface area contributed by atoms with Gasteiger partial charge in [-0.3, -0.25) is 9.59 Å². The molecular weight excluding hydrogens is 793 g/mol. The first-order chi connectivity index (χ1) is 25.1. The van der Waals surface area contributed by atoms with Gasteiger partial charge in [0.1, 0.15) is 23.7 Å². The molecule has 5 rings (SSSR count). The molecule has 2 fully saturated rings. The van der Waals surface area contributed by atoms with Crippen LogP contribution in [0.4, 0.5) is 4.79 Å². The fraction of sp³-hybridized carbons (Fsp3) is 0.579. The summed E-state index contributed by atoms with van der Waals surface area (Å²) in [5.74, 6) is 1.39. The Morgan fingerprint density at radius 3 is 1.70 bits per heavy atom. The van der Waals surface area contributed by atoms with Crippen LogP contribution in [0, 0.1) is 11.8 Å². The van der Waals surface area contributed by atoms with Gasteiger partial charge in [-0.15, -0.1) is 0 Å². The van der Waals surface area contributed by atoms with Gasteiger partial charge >= 0.3 is 6.09 Å². The van der Waals surface area contributed by atoms with E-state index in [1.54, 1.807) is 0 Å².